The average molecular weight is 1510 g/mol. The molecule has 3 saturated heterocycles. The molecular formula is C75H87Cl3F3N13O7S2. The van der Waals surface area contributed by atoms with Gasteiger partial charge < -0.3 is 49.8 Å². The molecular weight excluding hydrogens is 1420 g/mol. The summed E-state index contributed by atoms with van der Waals surface area (Å²) in [5, 5.41) is 14.4. The summed E-state index contributed by atoms with van der Waals surface area (Å²) in [6.45, 7) is 11.2. The van der Waals surface area contributed by atoms with Crippen LogP contribution in [0.3, 0.4) is 0 Å². The zero-order chi connectivity index (χ0) is 73.4. The largest absolute Gasteiger partial charge is 0.361 e. The molecule has 20 nitrogen and oxygen atoms in total. The number of nitrogens with zero attached hydrogens (tertiary/aromatic N) is 6. The lowest BCUT2D eigenvalue weighted by atomic mass is 9.89. The zero-order valence-corrected chi connectivity index (χ0v) is 62.1. The molecule has 10 aromatic rings. The van der Waals surface area contributed by atoms with Crippen LogP contribution in [0.25, 0.3) is 65.7 Å². The van der Waals surface area contributed by atoms with Crippen molar-refractivity contribution in [1.82, 2.24) is 58.4 Å². The highest BCUT2D eigenvalue weighted by Crippen LogP contribution is 2.39. The van der Waals surface area contributed by atoms with Gasteiger partial charge in [0.2, 0.25) is 21.8 Å². The Labute approximate surface area is 612 Å². The molecule has 548 valence electrons. The first kappa shape index (κ1) is 76.0. The van der Waals surface area contributed by atoms with E-state index in [1.807, 2.05) is 66.8 Å². The smallest absolute Gasteiger partial charge is 0.317 e. The Balaban J connectivity index is 0.000000129. The number of aromatic amines is 5. The van der Waals surface area contributed by atoms with Crippen molar-refractivity contribution in [1.29, 1.82) is 0 Å². The van der Waals surface area contributed by atoms with E-state index in [2.05, 4.69) is 77.9 Å². The number of urea groups is 1. The number of likely N-dealkylation sites (N-methyl/N-ethyl adjacent to an activating group) is 1. The number of benzene rings is 5. The number of rotatable bonds is 10. The topological polar surface area (TPSA) is 256 Å². The maximum Gasteiger partial charge on any atom is 0.317 e. The first-order valence-corrected chi connectivity index (χ1v) is 39.0. The number of hydrogen-bond donors (Lipinski definition) is 7. The van der Waals surface area contributed by atoms with Crippen LogP contribution in [-0.2, 0) is 29.8 Å². The molecule has 10 heterocycles. The van der Waals surface area contributed by atoms with Gasteiger partial charge in [-0.3, -0.25) is 9.59 Å². The van der Waals surface area contributed by atoms with Gasteiger partial charge in [0.15, 0.2) is 0 Å². The number of likely N-dealkylation sites (tertiary alicyclic amines) is 2. The van der Waals surface area contributed by atoms with E-state index in [1.165, 1.54) is 66.5 Å². The van der Waals surface area contributed by atoms with Crippen LogP contribution in [0, 0.1) is 17.5 Å². The summed E-state index contributed by atoms with van der Waals surface area (Å²) in [6.07, 6.45) is 21.9. The first-order valence-electron chi connectivity index (χ1n) is 34.5. The van der Waals surface area contributed by atoms with Crippen LogP contribution in [0.4, 0.5) is 18.0 Å². The van der Waals surface area contributed by atoms with Gasteiger partial charge in [0.1, 0.15) is 17.5 Å². The standard InChI is InChI=1S/C18H26N4O.C15H14ClFN2O.C15H17ClN2O.C14H14ClFN2O2S.C13H16FN3O2S/c1-21(2)12-9-19-18(23)22-10-7-14(8-11-22)16-13-20-17-6-4-3-5-15(16)17;1-9(20)19-4-2-10(3-5-19)12-8-18-15-7-14(17)13(16)6-11(12)15;1-10(19)18-6-4-11(5-7-18)14-9-17-15-8-12(16)2-3-13(14)15;1-21(19,20)18-4-2-9(3-5-18)11-8-17-14-7-13(16)12(15)6-10(11)14;14-10-1-2-11-12(8-16-13(11)7-10)9-3-5-17(6-4-9)20(15,18)19/h3-6,13-14,20H,7-12H2,1-2H3,(H,19,23);2,6-8,18H,3-5H2,1H3;2-3,8-9,11,17H,4-7H2,1H3;2,6-8,17H,3-5H2,1H3;1-2,7-9,16H,3-6H2,(H2,15,18,19). The van der Waals surface area contributed by atoms with Gasteiger partial charge in [-0.2, -0.15) is 17.0 Å². The van der Waals surface area contributed by atoms with Gasteiger partial charge in [-0.25, -0.2) is 31.5 Å². The number of carbonyl (C=O) groups is 3. The van der Waals surface area contributed by atoms with Gasteiger partial charge in [-0.1, -0.05) is 71.2 Å². The van der Waals surface area contributed by atoms with E-state index in [4.69, 9.17) is 39.9 Å². The third-order valence-electron chi connectivity index (χ3n) is 20.1. The van der Waals surface area contributed by atoms with Crippen LogP contribution in [-0.4, -0.2) is 187 Å². The Hall–Kier alpha value is -8.11. The molecule has 0 radical (unpaired) electrons. The van der Waals surface area contributed by atoms with Crippen molar-refractivity contribution in [3.8, 4) is 0 Å². The second-order valence-corrected chi connectivity index (χ2v) is 31.8. The van der Waals surface area contributed by atoms with Crippen LogP contribution < -0.4 is 10.5 Å². The third kappa shape index (κ3) is 18.7. The molecule has 5 aromatic heterocycles. The lowest BCUT2D eigenvalue weighted by Crippen LogP contribution is -2.45. The van der Waals surface area contributed by atoms with Crippen molar-refractivity contribution >= 4 is 139 Å². The Kier molecular flexibility index (Phi) is 24.6. The minimum absolute atomic E-state index is 0.0734. The van der Waals surface area contributed by atoms with E-state index in [0.29, 0.717) is 69.6 Å². The van der Waals surface area contributed by atoms with Gasteiger partial charge in [-0.15, -0.1) is 0 Å². The SMILES string of the molecule is CC(=O)N1CC=C(c2c[nH]c3cc(F)c(Cl)cc23)CC1.CC(=O)N1CCC(c2c[nH]c3cc(Cl)ccc23)CC1.CN(C)CCNC(=O)N1CCC(c2c[nH]c3ccccc23)CC1.CS(=O)(=O)N1CC=C(c2c[nH]c3cc(F)c(Cl)cc23)CC1.NS(=O)(=O)N1CCC(c2c[nH]c3cc(F)ccc23)CC1. The number of nitrogens with two attached hydrogens (primary N) is 1. The predicted molar refractivity (Wildman–Crippen MR) is 407 cm³/mol. The van der Waals surface area contributed by atoms with Crippen molar-refractivity contribution in [3.05, 3.63) is 188 Å². The Morgan fingerprint density at radius 2 is 0.981 bits per heavy atom. The summed E-state index contributed by atoms with van der Waals surface area (Å²) >= 11 is 17.7. The quantitative estimate of drug-likeness (QED) is 0.0691. The number of fused-ring (bicyclic) bond motifs is 5. The number of para-hydroxylation sites is 1. The lowest BCUT2D eigenvalue weighted by molar-refractivity contribution is -0.130. The molecule has 0 atom stereocenters. The highest BCUT2D eigenvalue weighted by atomic mass is 35.5. The van der Waals surface area contributed by atoms with Gasteiger partial charge in [0.05, 0.1) is 16.3 Å². The van der Waals surface area contributed by atoms with Crippen molar-refractivity contribution in [2.24, 2.45) is 5.14 Å². The Morgan fingerprint density at radius 3 is 1.47 bits per heavy atom. The fourth-order valence-electron chi connectivity index (χ4n) is 14.3. The first-order chi connectivity index (χ1) is 49.2. The molecule has 0 spiro atoms. The highest BCUT2D eigenvalue weighted by Gasteiger charge is 2.30. The summed E-state index contributed by atoms with van der Waals surface area (Å²) in [6, 6.07) is 25.2. The summed E-state index contributed by atoms with van der Waals surface area (Å²) in [4.78, 5) is 58.4. The van der Waals surface area contributed by atoms with Crippen LogP contribution in [0.15, 0.2) is 128 Å². The summed E-state index contributed by atoms with van der Waals surface area (Å²) in [5.74, 6) is 0.463. The zero-order valence-electron chi connectivity index (χ0n) is 58.2. The van der Waals surface area contributed by atoms with E-state index in [0.717, 1.165) is 143 Å². The summed E-state index contributed by atoms with van der Waals surface area (Å²) in [7, 11) is -2.73. The molecule has 3 fully saturated rings. The maximum absolute atomic E-state index is 13.4. The lowest BCUT2D eigenvalue weighted by Gasteiger charge is -2.32. The Morgan fingerprint density at radius 1 is 0.524 bits per heavy atom. The van der Waals surface area contributed by atoms with E-state index in [-0.39, 0.29) is 39.6 Å². The number of nitrogens with one attached hydrogen (secondary N) is 6. The molecule has 0 aliphatic carbocycles. The third-order valence-corrected chi connectivity index (χ3v) is 23.3. The molecule has 5 aliphatic heterocycles. The van der Waals surface area contributed by atoms with Crippen LogP contribution >= 0.6 is 34.8 Å². The van der Waals surface area contributed by atoms with Crippen LogP contribution in [0.1, 0.15) is 111 Å². The monoisotopic (exact) mass is 1510 g/mol. The molecule has 0 unspecified atom stereocenters. The second kappa shape index (κ2) is 33.3. The number of aromatic nitrogens is 5. The average Bonchev–Trinajstić information content (AvgIpc) is 1.79. The van der Waals surface area contributed by atoms with E-state index in [1.54, 1.807) is 36.9 Å². The minimum Gasteiger partial charge on any atom is -0.361 e. The van der Waals surface area contributed by atoms with Crippen LogP contribution in [0.5, 0.6) is 0 Å². The van der Waals surface area contributed by atoms with Gasteiger partial charge in [-0.05, 0) is 172 Å². The summed E-state index contributed by atoms with van der Waals surface area (Å²) in [5.41, 5.74) is 12.5. The van der Waals surface area contributed by atoms with Gasteiger partial charge >= 0.3 is 6.03 Å². The maximum atomic E-state index is 13.4. The minimum atomic E-state index is -3.59. The van der Waals surface area contributed by atoms with Gasteiger partial charge in [0, 0.05) is 194 Å². The molecule has 5 aromatic carbocycles. The number of piperidine rings is 3. The molecule has 103 heavy (non-hydrogen) atoms. The number of halogens is 6. The molecule has 0 bridgehead atoms. The van der Waals surface area contributed by atoms with Crippen LogP contribution in [0.2, 0.25) is 15.1 Å². The van der Waals surface area contributed by atoms with Crippen molar-refractivity contribution < 1.29 is 44.4 Å². The molecule has 28 heteroatoms. The highest BCUT2D eigenvalue weighted by molar-refractivity contribution is 7.88. The van der Waals surface area contributed by atoms with Crippen molar-refractivity contribution in [2.75, 3.05) is 98.9 Å². The van der Waals surface area contributed by atoms with Crippen molar-refractivity contribution in [2.45, 2.75) is 83.0 Å². The molecule has 15 rings (SSSR count). The summed E-state index contributed by atoms with van der Waals surface area (Å²) < 4.78 is 88.3. The van der Waals surface area contributed by atoms with Gasteiger partial charge in [0.25, 0.3) is 10.2 Å². The molecule has 5 aliphatic rings. The molecule has 0 saturated carbocycles. The van der Waals surface area contributed by atoms with Crippen molar-refractivity contribution in [3.63, 3.8) is 0 Å². The number of amides is 4. The fourth-order valence-corrected chi connectivity index (χ4v) is 16.3. The number of H-pyrrole nitrogens is 5. The van der Waals surface area contributed by atoms with E-state index in [9.17, 15) is 44.4 Å². The molecule has 8 N–H and O–H groups in total. The number of carbonyl (C=O) groups excluding carboxylic acids is 3. The number of hydrogen-bond acceptors (Lipinski definition) is 8. The molecule has 4 amide bonds. The fraction of sp³-hybridized carbons (Fsp3) is 0.373. The number of sulfonamides is 1. The second-order valence-electron chi connectivity index (χ2n) is 27.0. The predicted octanol–water partition coefficient (Wildman–Crippen LogP) is 14.5. The van der Waals surface area contributed by atoms with E-state index < -0.39 is 31.9 Å². The Bertz CT molecular complexity index is 5010. The normalized spacial score (nSPS) is 16.9. The van der Waals surface area contributed by atoms with E-state index >= 15 is 0 Å².